The number of hydrogen-bond donors (Lipinski definition) is 1. The van der Waals surface area contributed by atoms with Crippen molar-refractivity contribution in [1.82, 2.24) is 0 Å². The van der Waals surface area contributed by atoms with Gasteiger partial charge in [0.1, 0.15) is 6.61 Å². The molecule has 5 nitrogen and oxygen atoms in total. The summed E-state index contributed by atoms with van der Waals surface area (Å²) in [6, 6.07) is 0. The van der Waals surface area contributed by atoms with Crippen LogP contribution in [0.1, 0.15) is 136 Å². The fourth-order valence-electron chi connectivity index (χ4n) is 4.25. The Balaban J connectivity index is 3.75. The molecular formula is C40H64O5. The average Bonchev–Trinajstić information content (AvgIpc) is 3.04. The Morgan fingerprint density at radius 2 is 0.978 bits per heavy atom. The van der Waals surface area contributed by atoms with Gasteiger partial charge in [0.2, 0.25) is 0 Å². The average molecular weight is 625 g/mol. The maximum Gasteiger partial charge on any atom is 0.306 e. The zero-order valence-electron chi connectivity index (χ0n) is 28.6. The van der Waals surface area contributed by atoms with Gasteiger partial charge in [-0.1, -0.05) is 131 Å². The van der Waals surface area contributed by atoms with Crippen LogP contribution in [0.5, 0.6) is 0 Å². The Morgan fingerprint density at radius 1 is 0.533 bits per heavy atom. The Morgan fingerprint density at radius 3 is 1.51 bits per heavy atom. The van der Waals surface area contributed by atoms with Crippen LogP contribution in [0.4, 0.5) is 0 Å². The highest BCUT2D eigenvalue weighted by molar-refractivity contribution is 5.70. The molecule has 45 heavy (non-hydrogen) atoms. The predicted molar refractivity (Wildman–Crippen MR) is 191 cm³/mol. The molecule has 0 aliphatic rings. The second-order valence-corrected chi connectivity index (χ2v) is 11.2. The van der Waals surface area contributed by atoms with E-state index in [0.717, 1.165) is 77.0 Å². The molecule has 1 atom stereocenters. The van der Waals surface area contributed by atoms with Gasteiger partial charge < -0.3 is 14.6 Å². The van der Waals surface area contributed by atoms with E-state index in [1.54, 1.807) is 0 Å². The van der Waals surface area contributed by atoms with E-state index in [4.69, 9.17) is 9.47 Å². The maximum absolute atomic E-state index is 12.1. The molecule has 0 saturated heterocycles. The Hall–Kier alpha value is -2.92. The van der Waals surface area contributed by atoms with Crippen molar-refractivity contribution in [3.05, 3.63) is 85.1 Å². The SMILES string of the molecule is CC/C=C\C/C=C\C/C=C\C/C=C\C/C=C\CCCC(=O)OC(CO)COC(=O)CCCCCCC/C=C\C/C=C\CCCC. The lowest BCUT2D eigenvalue weighted by molar-refractivity contribution is -0.161. The summed E-state index contributed by atoms with van der Waals surface area (Å²) in [6.07, 6.45) is 47.8. The van der Waals surface area contributed by atoms with Gasteiger partial charge in [0.15, 0.2) is 6.10 Å². The zero-order valence-corrected chi connectivity index (χ0v) is 28.6. The van der Waals surface area contributed by atoms with Crippen LogP contribution in [0.25, 0.3) is 0 Å². The van der Waals surface area contributed by atoms with Crippen molar-refractivity contribution in [3.63, 3.8) is 0 Å². The van der Waals surface area contributed by atoms with Gasteiger partial charge in [-0.2, -0.15) is 0 Å². The lowest BCUT2D eigenvalue weighted by atomic mass is 10.1. The highest BCUT2D eigenvalue weighted by atomic mass is 16.6. The number of carbonyl (C=O) groups excluding carboxylic acids is 2. The molecule has 0 fully saturated rings. The molecule has 0 aromatic heterocycles. The molecule has 0 heterocycles. The molecular weight excluding hydrogens is 560 g/mol. The second kappa shape index (κ2) is 35.6. The lowest BCUT2D eigenvalue weighted by Crippen LogP contribution is -2.28. The van der Waals surface area contributed by atoms with E-state index in [1.807, 2.05) is 0 Å². The summed E-state index contributed by atoms with van der Waals surface area (Å²) >= 11 is 0. The van der Waals surface area contributed by atoms with Crippen molar-refractivity contribution in [1.29, 1.82) is 0 Å². The first-order valence-electron chi connectivity index (χ1n) is 17.6. The quantitative estimate of drug-likeness (QED) is 0.0489. The smallest absolute Gasteiger partial charge is 0.306 e. The van der Waals surface area contributed by atoms with Gasteiger partial charge in [0.05, 0.1) is 6.61 Å². The van der Waals surface area contributed by atoms with E-state index in [1.165, 1.54) is 25.7 Å². The van der Waals surface area contributed by atoms with E-state index < -0.39 is 6.10 Å². The Bertz CT molecular complexity index is 890. The van der Waals surface area contributed by atoms with Crippen LogP contribution >= 0.6 is 0 Å². The third-order valence-electron chi connectivity index (χ3n) is 6.92. The number of ether oxygens (including phenoxy) is 2. The van der Waals surface area contributed by atoms with E-state index >= 15 is 0 Å². The van der Waals surface area contributed by atoms with Crippen LogP contribution in [0, 0.1) is 0 Å². The molecule has 0 amide bonds. The van der Waals surface area contributed by atoms with Crippen molar-refractivity contribution in [2.24, 2.45) is 0 Å². The summed E-state index contributed by atoms with van der Waals surface area (Å²) < 4.78 is 10.5. The third kappa shape index (κ3) is 33.8. The summed E-state index contributed by atoms with van der Waals surface area (Å²) in [5.74, 6) is -0.687. The lowest BCUT2D eigenvalue weighted by Gasteiger charge is -2.15. The minimum absolute atomic E-state index is 0.101. The van der Waals surface area contributed by atoms with Crippen LogP contribution < -0.4 is 0 Å². The summed E-state index contributed by atoms with van der Waals surface area (Å²) in [6.45, 7) is 3.89. The van der Waals surface area contributed by atoms with Crippen LogP contribution in [-0.4, -0.2) is 36.4 Å². The zero-order chi connectivity index (χ0) is 32.9. The number of hydrogen-bond acceptors (Lipinski definition) is 5. The van der Waals surface area contributed by atoms with Gasteiger partial charge in [-0.3, -0.25) is 9.59 Å². The number of unbranched alkanes of at least 4 members (excludes halogenated alkanes) is 8. The van der Waals surface area contributed by atoms with E-state index in [-0.39, 0.29) is 31.6 Å². The van der Waals surface area contributed by atoms with Crippen molar-refractivity contribution in [2.45, 2.75) is 142 Å². The molecule has 0 aromatic carbocycles. The molecule has 0 radical (unpaired) electrons. The molecule has 0 aliphatic carbocycles. The molecule has 0 saturated carbocycles. The van der Waals surface area contributed by atoms with Crippen LogP contribution in [0.15, 0.2) is 85.1 Å². The summed E-state index contributed by atoms with van der Waals surface area (Å²) in [5.41, 5.74) is 0. The Kier molecular flexibility index (Phi) is 33.3. The highest BCUT2D eigenvalue weighted by Gasteiger charge is 2.15. The molecule has 0 spiro atoms. The molecule has 0 rings (SSSR count). The number of allylic oxidation sites excluding steroid dienone is 14. The number of aliphatic hydroxyl groups is 1. The normalized spacial score (nSPS) is 13.2. The minimum atomic E-state index is -0.810. The first-order valence-corrected chi connectivity index (χ1v) is 17.6. The van der Waals surface area contributed by atoms with Gasteiger partial charge in [0.25, 0.3) is 0 Å². The molecule has 254 valence electrons. The number of carbonyl (C=O) groups is 2. The molecule has 1 N–H and O–H groups in total. The minimum Gasteiger partial charge on any atom is -0.462 e. The standard InChI is InChI=1S/C40H64O5/c1-3-5-7-9-11-13-15-17-19-20-21-23-25-27-29-31-33-35-40(43)45-38(36-41)37-44-39(42)34-32-30-28-26-24-22-18-16-14-12-10-8-6-4-2/h5,7,10-13,16-19,21,23,27,29,38,41H,3-4,6,8-9,14-15,20,22,24-26,28,30-37H2,1-2H3/b7-5-,12-10-,13-11-,18-16-,19-17-,23-21-,29-27-. The maximum atomic E-state index is 12.1. The second-order valence-electron chi connectivity index (χ2n) is 11.2. The first-order chi connectivity index (χ1) is 22.1. The van der Waals surface area contributed by atoms with Crippen molar-refractivity contribution in [3.8, 4) is 0 Å². The fraction of sp³-hybridized carbons (Fsp3) is 0.600. The van der Waals surface area contributed by atoms with E-state index in [9.17, 15) is 14.7 Å². The third-order valence-corrected chi connectivity index (χ3v) is 6.92. The predicted octanol–water partition coefficient (Wildman–Crippen LogP) is 10.8. The Labute approximate surface area is 275 Å². The fourth-order valence-corrected chi connectivity index (χ4v) is 4.25. The number of esters is 2. The van der Waals surface area contributed by atoms with Crippen LogP contribution in [0.2, 0.25) is 0 Å². The van der Waals surface area contributed by atoms with Crippen molar-refractivity contribution >= 4 is 11.9 Å². The van der Waals surface area contributed by atoms with Gasteiger partial charge >= 0.3 is 11.9 Å². The van der Waals surface area contributed by atoms with Crippen molar-refractivity contribution < 1.29 is 24.2 Å². The first kappa shape index (κ1) is 42.1. The molecule has 0 aliphatic heterocycles. The van der Waals surface area contributed by atoms with Gasteiger partial charge in [0, 0.05) is 12.8 Å². The van der Waals surface area contributed by atoms with Crippen molar-refractivity contribution in [2.75, 3.05) is 13.2 Å². The van der Waals surface area contributed by atoms with Crippen LogP contribution in [-0.2, 0) is 19.1 Å². The monoisotopic (exact) mass is 624 g/mol. The highest BCUT2D eigenvalue weighted by Crippen LogP contribution is 2.09. The topological polar surface area (TPSA) is 72.8 Å². The van der Waals surface area contributed by atoms with E-state index in [0.29, 0.717) is 12.8 Å². The van der Waals surface area contributed by atoms with Gasteiger partial charge in [-0.05, 0) is 77.0 Å². The summed E-state index contributed by atoms with van der Waals surface area (Å²) in [5, 5.41) is 9.51. The van der Waals surface area contributed by atoms with Crippen LogP contribution in [0.3, 0.4) is 0 Å². The van der Waals surface area contributed by atoms with E-state index in [2.05, 4.69) is 98.9 Å². The molecule has 0 bridgehead atoms. The summed E-state index contributed by atoms with van der Waals surface area (Å²) in [7, 11) is 0. The molecule has 5 heteroatoms. The summed E-state index contributed by atoms with van der Waals surface area (Å²) in [4.78, 5) is 24.1. The molecule has 1 unspecified atom stereocenters. The van der Waals surface area contributed by atoms with Gasteiger partial charge in [-0.25, -0.2) is 0 Å². The largest absolute Gasteiger partial charge is 0.462 e. The number of rotatable bonds is 30. The number of aliphatic hydroxyl groups excluding tert-OH is 1. The molecule has 0 aromatic rings. The van der Waals surface area contributed by atoms with Gasteiger partial charge in [-0.15, -0.1) is 0 Å².